The van der Waals surface area contributed by atoms with Crippen LogP contribution in [0.15, 0.2) is 186 Å². The van der Waals surface area contributed by atoms with E-state index in [0.717, 1.165) is 5.56 Å². The number of hydrogen-bond acceptors (Lipinski definition) is 1. The molecule has 0 bridgehead atoms. The summed E-state index contributed by atoms with van der Waals surface area (Å²) < 4.78 is 130. The third kappa shape index (κ3) is 4.40. The number of furan rings is 1. The van der Waals surface area contributed by atoms with Gasteiger partial charge in [-0.1, -0.05) is 157 Å². The average molecular weight is 637 g/mol. The van der Waals surface area contributed by atoms with Crippen molar-refractivity contribution in [1.29, 1.82) is 0 Å². The van der Waals surface area contributed by atoms with Gasteiger partial charge in [0.25, 0.3) is 0 Å². The van der Waals surface area contributed by atoms with Crippen molar-refractivity contribution in [3.05, 3.63) is 182 Å². The Bertz CT molecular complexity index is 3590. The number of benzene rings is 9. The summed E-state index contributed by atoms with van der Waals surface area (Å²) in [6.45, 7) is 0. The molecule has 0 aliphatic carbocycles. The van der Waals surface area contributed by atoms with Crippen LogP contribution in [0.25, 0.3) is 98.8 Å². The van der Waals surface area contributed by atoms with Crippen molar-refractivity contribution < 1.29 is 23.6 Å². The topological polar surface area (TPSA) is 13.1 Å². The van der Waals surface area contributed by atoms with Gasteiger partial charge in [-0.15, -0.1) is 0 Å². The molecule has 10 rings (SSSR count). The minimum atomic E-state index is -0.651. The molecule has 0 spiro atoms. The van der Waals surface area contributed by atoms with Gasteiger partial charge in [0.1, 0.15) is 11.2 Å². The second kappa shape index (κ2) is 11.1. The summed E-state index contributed by atoms with van der Waals surface area (Å²) in [5.74, 6) is 0. The van der Waals surface area contributed by atoms with Crippen molar-refractivity contribution in [2.75, 3.05) is 0 Å². The van der Waals surface area contributed by atoms with Gasteiger partial charge in [-0.2, -0.15) is 0 Å². The molecule has 1 heterocycles. The summed E-state index contributed by atoms with van der Waals surface area (Å²) in [6.07, 6.45) is 0. The first-order valence-electron chi connectivity index (χ1n) is 22.7. The second-order valence-corrected chi connectivity index (χ2v) is 11.7. The van der Waals surface area contributed by atoms with E-state index in [1.807, 2.05) is 54.6 Å². The highest BCUT2D eigenvalue weighted by Gasteiger charge is 2.19. The van der Waals surface area contributed by atoms with E-state index in [2.05, 4.69) is 0 Å². The summed E-state index contributed by atoms with van der Waals surface area (Å²) in [5, 5.41) is 3.75. The van der Waals surface area contributed by atoms with Crippen molar-refractivity contribution in [3.63, 3.8) is 0 Å². The predicted octanol–water partition coefficient (Wildman–Crippen LogP) is 13.7. The lowest BCUT2D eigenvalue weighted by Crippen LogP contribution is -1.91. The fraction of sp³-hybridized carbons (Fsp3) is 0. The Morgan fingerprint density at radius 2 is 0.959 bits per heavy atom. The Balaban J connectivity index is 1.31. The Morgan fingerprint density at radius 3 is 1.67 bits per heavy atom. The zero-order chi connectivity index (χ0) is 44.5. The van der Waals surface area contributed by atoms with E-state index in [0.29, 0.717) is 60.2 Å². The number of fused-ring (bicyclic) bond motifs is 7. The molecule has 1 aromatic heterocycles. The molecule has 0 aliphatic heterocycles. The first kappa shape index (κ1) is 17.1. The quantitative estimate of drug-likeness (QED) is 0.175. The number of rotatable bonds is 4. The Morgan fingerprint density at radius 1 is 0.367 bits per heavy atom. The third-order valence-corrected chi connectivity index (χ3v) is 9.01. The SMILES string of the molecule is [2H]c1c([2H])c([2H])c(-c2c([2H])c([2H])c([2H])c(-c3c4ccccc4c(-c4ccc5oc6c7c([2H])c([2H])c([2H])c([2H])c7c(-c7ccccc7)c([2H])c6c5c4)c4ccccc34)c2[2H])c([2H])c1[2H]. The highest BCUT2D eigenvalue weighted by Crippen LogP contribution is 2.46. The van der Waals surface area contributed by atoms with E-state index in [1.165, 1.54) is 0 Å². The summed E-state index contributed by atoms with van der Waals surface area (Å²) in [6, 6.07) is 22.6. The summed E-state index contributed by atoms with van der Waals surface area (Å²) >= 11 is 0. The lowest BCUT2D eigenvalue weighted by Gasteiger charge is -2.18. The maximum Gasteiger partial charge on any atom is 0.143 e. The molecule has 9 aromatic carbocycles. The van der Waals surface area contributed by atoms with Gasteiger partial charge >= 0.3 is 0 Å². The molecule has 0 saturated heterocycles. The molecule has 0 aliphatic rings. The van der Waals surface area contributed by atoms with Gasteiger partial charge in [-0.25, -0.2) is 0 Å². The Kier molecular flexibility index (Phi) is 3.87. The van der Waals surface area contributed by atoms with Crippen LogP contribution in [0.3, 0.4) is 0 Å². The van der Waals surface area contributed by atoms with Crippen molar-refractivity contribution in [1.82, 2.24) is 0 Å². The van der Waals surface area contributed by atoms with Crippen LogP contribution in [0.2, 0.25) is 0 Å². The zero-order valence-corrected chi connectivity index (χ0v) is 25.6. The van der Waals surface area contributed by atoms with Gasteiger partial charge in [-0.3, -0.25) is 0 Å². The Hall–Kier alpha value is -6.44. The molecule has 0 unspecified atom stereocenters. The van der Waals surface area contributed by atoms with Gasteiger partial charge in [0.15, 0.2) is 0 Å². The molecule has 0 saturated carbocycles. The zero-order valence-electron chi connectivity index (χ0n) is 39.6. The predicted molar refractivity (Wildman–Crippen MR) is 208 cm³/mol. The lowest BCUT2D eigenvalue weighted by molar-refractivity contribution is 0.673. The van der Waals surface area contributed by atoms with Crippen molar-refractivity contribution >= 4 is 54.3 Å². The molecule has 1 nitrogen and oxygen atoms in total. The van der Waals surface area contributed by atoms with Crippen molar-refractivity contribution in [2.24, 2.45) is 0 Å². The fourth-order valence-corrected chi connectivity index (χ4v) is 6.91. The molecular weight excluding hydrogens is 593 g/mol. The van der Waals surface area contributed by atoms with Crippen LogP contribution in [-0.4, -0.2) is 0 Å². The van der Waals surface area contributed by atoms with E-state index in [9.17, 15) is 4.11 Å². The van der Waals surface area contributed by atoms with Crippen LogP contribution in [-0.2, 0) is 0 Å². The molecule has 0 amide bonds. The molecule has 1 heteroatoms. The van der Waals surface area contributed by atoms with Crippen LogP contribution in [0.1, 0.15) is 19.2 Å². The normalized spacial score (nSPS) is 15.7. The largest absolute Gasteiger partial charge is 0.455 e. The number of hydrogen-bond donors (Lipinski definition) is 0. The monoisotopic (exact) mass is 636 g/mol. The van der Waals surface area contributed by atoms with Gasteiger partial charge in [0.2, 0.25) is 0 Å². The highest BCUT2D eigenvalue weighted by atomic mass is 16.3. The molecule has 0 N–H and O–H groups in total. The van der Waals surface area contributed by atoms with Crippen LogP contribution in [0.5, 0.6) is 0 Å². The fourth-order valence-electron chi connectivity index (χ4n) is 6.91. The molecule has 0 atom stereocenters. The maximum absolute atomic E-state index is 9.69. The van der Waals surface area contributed by atoms with E-state index in [-0.39, 0.29) is 45.6 Å². The first-order chi connectivity index (χ1) is 30.1. The average Bonchev–Trinajstić information content (AvgIpc) is 3.68. The second-order valence-electron chi connectivity index (χ2n) is 11.7. The lowest BCUT2D eigenvalue weighted by atomic mass is 9.85. The van der Waals surface area contributed by atoms with Crippen molar-refractivity contribution in [3.8, 4) is 44.5 Å². The molecule has 0 fully saturated rings. The maximum atomic E-state index is 9.69. The molecule has 0 radical (unpaired) electrons. The van der Waals surface area contributed by atoms with E-state index in [1.54, 1.807) is 42.5 Å². The summed E-state index contributed by atoms with van der Waals surface area (Å²) in [5.41, 5.74) is 2.52. The Labute approximate surface area is 304 Å². The van der Waals surface area contributed by atoms with Gasteiger partial charge < -0.3 is 4.42 Å². The summed E-state index contributed by atoms with van der Waals surface area (Å²) in [4.78, 5) is 0. The molecule has 228 valence electrons. The molecule has 10 aromatic rings. The van der Waals surface area contributed by atoms with Gasteiger partial charge in [0, 0.05) is 16.2 Å². The van der Waals surface area contributed by atoms with E-state index >= 15 is 0 Å². The van der Waals surface area contributed by atoms with Crippen LogP contribution in [0, 0.1) is 0 Å². The van der Waals surface area contributed by atoms with Gasteiger partial charge in [0.05, 0.1) is 19.2 Å². The van der Waals surface area contributed by atoms with Crippen molar-refractivity contribution in [2.45, 2.75) is 0 Å². The van der Waals surface area contributed by atoms with E-state index in [4.69, 9.17) is 19.5 Å². The van der Waals surface area contributed by atoms with E-state index < -0.39 is 72.0 Å². The highest BCUT2D eigenvalue weighted by molar-refractivity contribution is 6.23. The summed E-state index contributed by atoms with van der Waals surface area (Å²) in [7, 11) is 0. The third-order valence-electron chi connectivity index (χ3n) is 9.01. The minimum Gasteiger partial charge on any atom is -0.455 e. The standard InChI is InChI=1S/C48H30O/c1-3-14-31(15-4-1)33-18-13-19-34(28-33)46-37-21-8-10-23-39(37)47(40-24-11-9-22-38(40)46)35-26-27-45-43(29-35)44-30-42(32-16-5-2-6-17-32)36-20-7-12-25-41(36)48(44)49-45/h1-30H/i1D,3D,4D,7D,12D,13D,14D,15D,18D,19D,20D,25D,28D,30D. The smallest absolute Gasteiger partial charge is 0.143 e. The van der Waals surface area contributed by atoms with Crippen LogP contribution < -0.4 is 0 Å². The first-order valence-corrected chi connectivity index (χ1v) is 15.7. The molecule has 49 heavy (non-hydrogen) atoms. The van der Waals surface area contributed by atoms with Crippen LogP contribution in [0.4, 0.5) is 0 Å². The van der Waals surface area contributed by atoms with Crippen LogP contribution >= 0.6 is 0 Å². The minimum absolute atomic E-state index is 0.0274. The molecular formula is C48H30O. The van der Waals surface area contributed by atoms with Gasteiger partial charge in [-0.05, 0) is 95.7 Å².